The minimum absolute atomic E-state index is 0.491. The molecular weight excluding hydrogens is 566 g/mol. The maximum atomic E-state index is 9.85. The molecule has 5 nitrogen and oxygen atoms in total. The Balaban J connectivity index is 1.22. The second-order valence-electron chi connectivity index (χ2n) is 10.1. The summed E-state index contributed by atoms with van der Waals surface area (Å²) < 4.78 is 0. The van der Waals surface area contributed by atoms with Gasteiger partial charge in [-0.25, -0.2) is 0 Å². The summed E-state index contributed by atoms with van der Waals surface area (Å²) in [5, 5.41) is 14.9. The zero-order chi connectivity index (χ0) is 28.2. The normalized spacial score (nSPS) is 14.3. The van der Waals surface area contributed by atoms with E-state index in [0.717, 1.165) is 76.9 Å². The summed E-state index contributed by atoms with van der Waals surface area (Å²) in [5.41, 5.74) is 4.03. The summed E-state index contributed by atoms with van der Waals surface area (Å²) in [5.74, 6) is 0. The van der Waals surface area contributed by atoms with E-state index in [9.17, 15) is 5.26 Å². The number of thiophene rings is 1. The van der Waals surface area contributed by atoms with Gasteiger partial charge in [-0.15, -0.1) is 11.3 Å². The van der Waals surface area contributed by atoms with Crippen LogP contribution in [0.5, 0.6) is 0 Å². The SMILES string of the molecule is CCN1CCN(Cc2ccc(-c3ccc4c(Nc5ccc(Sc6ccccc6)c(Cl)c5)c(C#N)cnc4c3)s2)CC1. The Morgan fingerprint density at radius 3 is 2.54 bits per heavy atom. The van der Waals surface area contributed by atoms with Gasteiger partial charge in [0.25, 0.3) is 0 Å². The Morgan fingerprint density at radius 2 is 1.78 bits per heavy atom. The number of nitrogens with zero attached hydrogens (tertiary/aromatic N) is 4. The van der Waals surface area contributed by atoms with Gasteiger partial charge in [0.15, 0.2) is 0 Å². The fraction of sp³-hybridized carbons (Fsp3) is 0.212. The number of aromatic nitrogens is 1. The Labute approximate surface area is 254 Å². The number of hydrogen-bond donors (Lipinski definition) is 1. The van der Waals surface area contributed by atoms with Gasteiger partial charge in [0.05, 0.1) is 21.8 Å². The monoisotopic (exact) mass is 595 g/mol. The van der Waals surface area contributed by atoms with Gasteiger partial charge in [-0.05, 0) is 60.6 Å². The molecule has 0 bridgehead atoms. The standard InChI is InChI=1S/C33H30ClN5S2/c1-2-38-14-16-39(17-15-38)22-27-10-13-31(41-27)23-8-11-28-30(18-23)36-21-24(20-35)33(28)37-25-9-12-32(29(34)19-25)40-26-6-4-3-5-7-26/h3-13,18-19,21H,2,14-17,22H2,1H3,(H,36,37). The zero-order valence-corrected chi connectivity index (χ0v) is 25.2. The van der Waals surface area contributed by atoms with E-state index in [2.05, 4.69) is 75.6 Å². The summed E-state index contributed by atoms with van der Waals surface area (Å²) in [7, 11) is 0. The van der Waals surface area contributed by atoms with Crippen molar-refractivity contribution in [1.29, 1.82) is 5.26 Å². The van der Waals surface area contributed by atoms with Gasteiger partial charge in [0.2, 0.25) is 0 Å². The molecule has 0 amide bonds. The van der Waals surface area contributed by atoms with Gasteiger partial charge in [0, 0.05) is 69.5 Å². The molecule has 3 heterocycles. The molecule has 0 spiro atoms. The molecule has 206 valence electrons. The summed E-state index contributed by atoms with van der Waals surface area (Å²) in [6, 6.07) is 29.1. The van der Waals surface area contributed by atoms with Crippen molar-refractivity contribution in [3.63, 3.8) is 0 Å². The molecule has 2 aromatic heterocycles. The topological polar surface area (TPSA) is 55.2 Å². The summed E-state index contributed by atoms with van der Waals surface area (Å²) in [6.07, 6.45) is 1.64. The number of piperazine rings is 1. The van der Waals surface area contributed by atoms with Crippen LogP contribution >= 0.6 is 34.7 Å². The third kappa shape index (κ3) is 6.43. The number of halogens is 1. The number of benzene rings is 3. The maximum Gasteiger partial charge on any atom is 0.103 e. The van der Waals surface area contributed by atoms with E-state index in [1.807, 2.05) is 47.7 Å². The highest BCUT2D eigenvalue weighted by Gasteiger charge is 2.17. The molecule has 0 unspecified atom stereocenters. The van der Waals surface area contributed by atoms with Crippen LogP contribution in [0.3, 0.4) is 0 Å². The van der Waals surface area contributed by atoms with E-state index in [4.69, 9.17) is 11.6 Å². The van der Waals surface area contributed by atoms with Crippen molar-refractivity contribution in [3.8, 4) is 16.5 Å². The lowest BCUT2D eigenvalue weighted by atomic mass is 10.1. The number of nitrogens with one attached hydrogen (secondary N) is 1. The lowest BCUT2D eigenvalue weighted by Gasteiger charge is -2.33. The minimum atomic E-state index is 0.491. The van der Waals surface area contributed by atoms with Crippen molar-refractivity contribution >= 4 is 57.0 Å². The highest BCUT2D eigenvalue weighted by Crippen LogP contribution is 2.38. The minimum Gasteiger partial charge on any atom is -0.354 e. The van der Waals surface area contributed by atoms with Crippen molar-refractivity contribution < 1.29 is 0 Å². The first-order chi connectivity index (χ1) is 20.1. The quantitative estimate of drug-likeness (QED) is 0.194. The first-order valence-corrected chi connectivity index (χ1v) is 15.8. The summed E-state index contributed by atoms with van der Waals surface area (Å²) >= 11 is 10.1. The first kappa shape index (κ1) is 27.8. The zero-order valence-electron chi connectivity index (χ0n) is 22.8. The van der Waals surface area contributed by atoms with Crippen LogP contribution in [0, 0.1) is 11.3 Å². The molecule has 1 aliphatic heterocycles. The Morgan fingerprint density at radius 1 is 0.976 bits per heavy atom. The van der Waals surface area contributed by atoms with Crippen LogP contribution in [0.25, 0.3) is 21.3 Å². The number of likely N-dealkylation sites (N-methyl/N-ethyl adjacent to an activating group) is 1. The number of anilines is 2. The van der Waals surface area contributed by atoms with E-state index in [1.165, 1.54) is 9.75 Å². The molecule has 0 atom stereocenters. The first-order valence-electron chi connectivity index (χ1n) is 13.8. The molecule has 1 aliphatic rings. The Kier molecular flexibility index (Phi) is 8.56. The lowest BCUT2D eigenvalue weighted by Crippen LogP contribution is -2.45. The predicted octanol–water partition coefficient (Wildman–Crippen LogP) is 8.52. The van der Waals surface area contributed by atoms with Crippen LogP contribution in [0.15, 0.2) is 94.9 Å². The maximum absolute atomic E-state index is 9.85. The number of pyridine rings is 1. The fourth-order valence-corrected chi connectivity index (χ4v) is 7.27. The van der Waals surface area contributed by atoms with Gasteiger partial charge in [-0.1, -0.05) is 60.6 Å². The van der Waals surface area contributed by atoms with Crippen LogP contribution < -0.4 is 5.32 Å². The molecule has 1 fully saturated rings. The van der Waals surface area contributed by atoms with Gasteiger partial charge in [-0.2, -0.15) is 5.26 Å². The second kappa shape index (κ2) is 12.6. The van der Waals surface area contributed by atoms with Gasteiger partial charge in [-0.3, -0.25) is 9.88 Å². The van der Waals surface area contributed by atoms with Crippen LogP contribution in [0.4, 0.5) is 11.4 Å². The average Bonchev–Trinajstić information content (AvgIpc) is 3.48. The van der Waals surface area contributed by atoms with Crippen LogP contribution in [-0.4, -0.2) is 47.5 Å². The van der Waals surface area contributed by atoms with Gasteiger partial charge < -0.3 is 10.2 Å². The lowest BCUT2D eigenvalue weighted by molar-refractivity contribution is 0.133. The molecule has 1 N–H and O–H groups in total. The number of fused-ring (bicyclic) bond motifs is 1. The van der Waals surface area contributed by atoms with Gasteiger partial charge >= 0.3 is 0 Å². The van der Waals surface area contributed by atoms with Crippen LogP contribution in [0.1, 0.15) is 17.4 Å². The van der Waals surface area contributed by atoms with E-state index in [1.54, 1.807) is 18.0 Å². The van der Waals surface area contributed by atoms with Crippen LogP contribution in [0.2, 0.25) is 5.02 Å². The smallest absolute Gasteiger partial charge is 0.103 e. The molecule has 0 aliphatic carbocycles. The molecule has 8 heteroatoms. The second-order valence-corrected chi connectivity index (χ2v) is 12.7. The Bertz CT molecular complexity index is 1700. The van der Waals surface area contributed by atoms with E-state index in [0.29, 0.717) is 10.6 Å². The summed E-state index contributed by atoms with van der Waals surface area (Å²) in [6.45, 7) is 8.91. The molecule has 0 saturated carbocycles. The highest BCUT2D eigenvalue weighted by molar-refractivity contribution is 7.99. The number of nitriles is 1. The molecule has 5 aromatic rings. The molecule has 1 saturated heterocycles. The third-order valence-corrected chi connectivity index (χ3v) is 10.0. The fourth-order valence-electron chi connectivity index (χ4n) is 5.09. The highest BCUT2D eigenvalue weighted by atomic mass is 35.5. The largest absolute Gasteiger partial charge is 0.354 e. The van der Waals surface area contributed by atoms with E-state index in [-0.39, 0.29) is 0 Å². The third-order valence-electron chi connectivity index (χ3n) is 7.40. The van der Waals surface area contributed by atoms with Crippen molar-refractivity contribution in [2.45, 2.75) is 23.3 Å². The van der Waals surface area contributed by atoms with Crippen molar-refractivity contribution in [2.24, 2.45) is 0 Å². The van der Waals surface area contributed by atoms with Crippen molar-refractivity contribution in [2.75, 3.05) is 38.0 Å². The number of hydrogen-bond acceptors (Lipinski definition) is 7. The van der Waals surface area contributed by atoms with Crippen LogP contribution in [-0.2, 0) is 6.54 Å². The van der Waals surface area contributed by atoms with E-state index < -0.39 is 0 Å². The van der Waals surface area contributed by atoms with Gasteiger partial charge in [0.1, 0.15) is 6.07 Å². The molecule has 0 radical (unpaired) electrons. The Hall–Kier alpha value is -3.38. The van der Waals surface area contributed by atoms with Crippen molar-refractivity contribution in [1.82, 2.24) is 14.8 Å². The number of rotatable bonds is 8. The molecular formula is C33H30ClN5S2. The predicted molar refractivity (Wildman–Crippen MR) is 172 cm³/mol. The molecule has 6 rings (SSSR count). The average molecular weight is 596 g/mol. The van der Waals surface area contributed by atoms with E-state index >= 15 is 0 Å². The molecule has 41 heavy (non-hydrogen) atoms. The molecule has 3 aromatic carbocycles. The van der Waals surface area contributed by atoms with Crippen molar-refractivity contribution in [3.05, 3.63) is 101 Å². The summed E-state index contributed by atoms with van der Waals surface area (Å²) in [4.78, 5) is 14.4.